The Morgan fingerprint density at radius 2 is 1.78 bits per heavy atom. The fraction of sp³-hybridized carbons (Fsp3) is 0.409. The van der Waals surface area contributed by atoms with Crippen molar-refractivity contribution in [3.8, 4) is 0 Å². The molecule has 1 saturated heterocycles. The minimum Gasteiger partial charge on any atom is -0.550 e. The maximum absolute atomic E-state index is 13.5. The van der Waals surface area contributed by atoms with Gasteiger partial charge in [0, 0.05) is 22.3 Å². The molecule has 0 saturated carbocycles. The molecule has 0 bridgehead atoms. The number of rotatable bonds is 6. The van der Waals surface area contributed by atoms with Crippen LogP contribution in [0.4, 0.5) is 13.2 Å². The Kier molecular flexibility index (Phi) is 6.37. The summed E-state index contributed by atoms with van der Waals surface area (Å²) < 4.78 is 38.8. The van der Waals surface area contributed by atoms with Crippen LogP contribution in [0.25, 0.3) is 0 Å². The topological polar surface area (TPSA) is 101 Å². The lowest BCUT2D eigenvalue weighted by Gasteiger charge is -2.43. The average molecular weight is 467 g/mol. The van der Waals surface area contributed by atoms with Crippen LogP contribution < -0.4 is 10.2 Å². The van der Waals surface area contributed by atoms with E-state index in [2.05, 4.69) is 0 Å². The van der Waals surface area contributed by atoms with Gasteiger partial charge < -0.3 is 24.7 Å². The fourth-order valence-electron chi connectivity index (χ4n) is 4.40. The summed E-state index contributed by atoms with van der Waals surface area (Å²) in [6.45, 7) is 3.44. The lowest BCUT2D eigenvalue weighted by molar-refractivity contribution is -0.318. The van der Waals surface area contributed by atoms with Crippen molar-refractivity contribution < 1.29 is 37.8 Å². The standard InChI is InChI=1S/C22H22F3NO5S/c1-12(2)10-21(20(30)31)11-15(19(28)29)17(16-4-3-9-32-16)26(21)18(27)13-5-7-14(8-6-13)22(23,24)25/h3-9,12,15,17H,10-11H2,1-2H3,(H,28,29)(H,30,31)/p-2/t15-,17+,21-/m0/s1. The quantitative estimate of drug-likeness (QED) is 0.649. The molecular weight excluding hydrogens is 447 g/mol. The Bertz CT molecular complexity index is 1000. The first-order valence-corrected chi connectivity index (χ1v) is 10.7. The number of carboxylic acid groups (broad SMARTS) is 2. The summed E-state index contributed by atoms with van der Waals surface area (Å²) in [5.41, 5.74) is -3.12. The van der Waals surface area contributed by atoms with Crippen molar-refractivity contribution in [1.82, 2.24) is 4.90 Å². The van der Waals surface area contributed by atoms with Crippen LogP contribution in [-0.2, 0) is 15.8 Å². The van der Waals surface area contributed by atoms with E-state index in [1.165, 1.54) is 0 Å². The van der Waals surface area contributed by atoms with Gasteiger partial charge in [0.2, 0.25) is 0 Å². The van der Waals surface area contributed by atoms with Crippen LogP contribution in [0, 0.1) is 11.8 Å². The van der Waals surface area contributed by atoms with Crippen molar-refractivity contribution >= 4 is 29.2 Å². The average Bonchev–Trinajstić information content (AvgIpc) is 3.33. The zero-order chi connectivity index (χ0) is 23.8. The van der Waals surface area contributed by atoms with Crippen LogP contribution in [0.3, 0.4) is 0 Å². The van der Waals surface area contributed by atoms with Gasteiger partial charge in [-0.3, -0.25) is 4.79 Å². The molecule has 1 fully saturated rings. The number of amides is 1. The van der Waals surface area contributed by atoms with E-state index >= 15 is 0 Å². The summed E-state index contributed by atoms with van der Waals surface area (Å²) in [5.74, 6) is -5.59. The Morgan fingerprint density at radius 3 is 2.22 bits per heavy atom. The van der Waals surface area contributed by atoms with Gasteiger partial charge >= 0.3 is 6.18 Å². The van der Waals surface area contributed by atoms with Gasteiger partial charge in [-0.1, -0.05) is 19.9 Å². The summed E-state index contributed by atoms with van der Waals surface area (Å²) in [4.78, 5) is 39.3. The Balaban J connectivity index is 2.17. The Morgan fingerprint density at radius 1 is 1.16 bits per heavy atom. The van der Waals surface area contributed by atoms with Gasteiger partial charge in [-0.05, 0) is 54.5 Å². The predicted octanol–water partition coefficient (Wildman–Crippen LogP) is 2.26. The van der Waals surface area contributed by atoms with E-state index in [0.717, 1.165) is 40.5 Å². The monoisotopic (exact) mass is 467 g/mol. The third-order valence-corrected chi connectivity index (χ3v) is 6.56. The molecule has 2 heterocycles. The van der Waals surface area contributed by atoms with Gasteiger partial charge in [0.25, 0.3) is 5.91 Å². The van der Waals surface area contributed by atoms with Gasteiger partial charge in [0.05, 0.1) is 23.1 Å². The largest absolute Gasteiger partial charge is 0.550 e. The van der Waals surface area contributed by atoms with Crippen molar-refractivity contribution in [1.29, 1.82) is 0 Å². The predicted molar refractivity (Wildman–Crippen MR) is 105 cm³/mol. The lowest BCUT2D eigenvalue weighted by Crippen LogP contribution is -2.59. The molecule has 2 aromatic rings. The SMILES string of the molecule is CC(C)C[C@@]1(C(=O)[O-])C[C@H](C(=O)[O-])[C@H](c2cccs2)N1C(=O)c1ccc(C(F)(F)F)cc1. The number of carboxylic acids is 2. The van der Waals surface area contributed by atoms with E-state index in [9.17, 15) is 37.8 Å². The molecule has 3 rings (SSSR count). The molecule has 1 aliphatic heterocycles. The third kappa shape index (κ3) is 4.23. The fourth-order valence-corrected chi connectivity index (χ4v) is 5.28. The number of carbonyl (C=O) groups is 3. The van der Waals surface area contributed by atoms with Crippen molar-refractivity contribution in [2.45, 2.75) is 44.4 Å². The molecule has 0 spiro atoms. The molecule has 172 valence electrons. The highest BCUT2D eigenvalue weighted by atomic mass is 32.1. The van der Waals surface area contributed by atoms with E-state index in [-0.39, 0.29) is 17.9 Å². The maximum Gasteiger partial charge on any atom is 0.416 e. The van der Waals surface area contributed by atoms with Crippen LogP contribution >= 0.6 is 11.3 Å². The number of hydrogen-bond donors (Lipinski definition) is 0. The molecule has 3 atom stereocenters. The maximum atomic E-state index is 13.5. The second-order valence-electron chi connectivity index (χ2n) is 8.26. The highest BCUT2D eigenvalue weighted by molar-refractivity contribution is 7.10. The van der Waals surface area contributed by atoms with Gasteiger partial charge in [-0.15, -0.1) is 11.3 Å². The summed E-state index contributed by atoms with van der Waals surface area (Å²) in [5, 5.41) is 26.0. The molecule has 6 nitrogen and oxygen atoms in total. The summed E-state index contributed by atoms with van der Waals surface area (Å²) >= 11 is 1.15. The molecule has 0 unspecified atom stereocenters. The number of benzene rings is 1. The van der Waals surface area contributed by atoms with Gasteiger partial charge in [0.15, 0.2) is 0 Å². The van der Waals surface area contributed by atoms with E-state index < -0.39 is 53.5 Å². The molecular formula is C22H20F3NO5S-2. The molecule has 1 amide bonds. The number of likely N-dealkylation sites (tertiary alicyclic amines) is 1. The van der Waals surface area contributed by atoms with Crippen LogP contribution in [-0.4, -0.2) is 28.3 Å². The molecule has 1 aromatic carbocycles. The molecule has 32 heavy (non-hydrogen) atoms. The molecule has 0 aliphatic carbocycles. The summed E-state index contributed by atoms with van der Waals surface area (Å²) in [7, 11) is 0. The minimum atomic E-state index is -4.61. The number of hydrogen-bond acceptors (Lipinski definition) is 6. The normalized spacial score (nSPS) is 23.5. The van der Waals surface area contributed by atoms with E-state index in [1.807, 2.05) is 0 Å². The number of halogens is 3. The summed E-state index contributed by atoms with van der Waals surface area (Å²) in [6, 6.07) is 5.42. The molecule has 10 heteroatoms. The molecule has 0 N–H and O–H groups in total. The minimum absolute atomic E-state index is 0.0899. The van der Waals surface area contributed by atoms with Crippen molar-refractivity contribution in [3.63, 3.8) is 0 Å². The molecule has 1 aliphatic rings. The number of thiophene rings is 1. The second-order valence-corrected chi connectivity index (χ2v) is 9.24. The van der Waals surface area contributed by atoms with E-state index in [0.29, 0.717) is 4.88 Å². The second kappa shape index (κ2) is 8.57. The van der Waals surface area contributed by atoms with Crippen LogP contribution in [0.1, 0.15) is 53.5 Å². The van der Waals surface area contributed by atoms with E-state index in [4.69, 9.17) is 0 Å². The Labute approximate surface area is 186 Å². The highest BCUT2D eigenvalue weighted by Crippen LogP contribution is 2.51. The molecule has 1 aromatic heterocycles. The Hall–Kier alpha value is -2.88. The number of alkyl halides is 3. The number of aliphatic carboxylic acids is 2. The zero-order valence-electron chi connectivity index (χ0n) is 17.2. The smallest absolute Gasteiger partial charge is 0.416 e. The summed E-state index contributed by atoms with van der Waals surface area (Å²) in [6.07, 6.45) is -5.13. The van der Waals surface area contributed by atoms with Crippen molar-refractivity contribution in [2.75, 3.05) is 0 Å². The van der Waals surface area contributed by atoms with Gasteiger partial charge in [-0.25, -0.2) is 0 Å². The lowest BCUT2D eigenvalue weighted by atomic mass is 9.83. The van der Waals surface area contributed by atoms with Crippen LogP contribution in [0.5, 0.6) is 0 Å². The van der Waals surface area contributed by atoms with Gasteiger partial charge in [0.1, 0.15) is 0 Å². The number of carbonyl (C=O) groups excluding carboxylic acids is 3. The zero-order valence-corrected chi connectivity index (χ0v) is 18.0. The highest BCUT2D eigenvalue weighted by Gasteiger charge is 2.56. The first-order chi connectivity index (χ1) is 14.9. The molecule has 0 radical (unpaired) electrons. The van der Waals surface area contributed by atoms with E-state index in [1.54, 1.807) is 31.4 Å². The first kappa shape index (κ1) is 23.8. The number of nitrogens with zero attached hydrogens (tertiary/aromatic N) is 1. The van der Waals surface area contributed by atoms with Gasteiger partial charge in [-0.2, -0.15) is 13.2 Å². The third-order valence-electron chi connectivity index (χ3n) is 5.62. The van der Waals surface area contributed by atoms with Crippen molar-refractivity contribution in [2.24, 2.45) is 11.8 Å². The van der Waals surface area contributed by atoms with Crippen molar-refractivity contribution in [3.05, 3.63) is 57.8 Å². The first-order valence-electron chi connectivity index (χ1n) is 9.85. The van der Waals surface area contributed by atoms with Crippen LogP contribution in [0.2, 0.25) is 0 Å². The van der Waals surface area contributed by atoms with Crippen LogP contribution in [0.15, 0.2) is 41.8 Å².